The number of hydrogen-bond acceptors (Lipinski definition) is 9. The van der Waals surface area contributed by atoms with Crippen LogP contribution < -0.4 is 5.32 Å². The molecule has 0 aliphatic heterocycles. The minimum atomic E-state index is -0.428. The molecule has 0 spiro atoms. The van der Waals surface area contributed by atoms with Crippen molar-refractivity contribution in [3.8, 4) is 11.4 Å². The smallest absolute Gasteiger partial charge is 0.350 e. The fraction of sp³-hybridized carbons (Fsp3) is 0.409. The monoisotopic (exact) mass is 503 g/mol. The van der Waals surface area contributed by atoms with Crippen LogP contribution in [0.4, 0.5) is 5.13 Å². The topological polar surface area (TPSA) is 99.0 Å². The number of rotatable bonds is 9. The number of hydrogen-bond donors (Lipinski definition) is 1. The van der Waals surface area contributed by atoms with Crippen molar-refractivity contribution in [3.63, 3.8) is 0 Å². The van der Waals surface area contributed by atoms with Crippen molar-refractivity contribution in [1.29, 1.82) is 0 Å². The number of aryl methyl sites for hydroxylation is 2. The molecule has 11 heteroatoms. The normalized spacial score (nSPS) is 12.9. The lowest BCUT2D eigenvalue weighted by atomic mass is 9.95. The number of carbonyl (C=O) groups is 2. The van der Waals surface area contributed by atoms with Crippen LogP contribution in [0.3, 0.4) is 0 Å². The van der Waals surface area contributed by atoms with Gasteiger partial charge >= 0.3 is 5.97 Å². The van der Waals surface area contributed by atoms with Crippen LogP contribution in [0.15, 0.2) is 23.2 Å². The predicted molar refractivity (Wildman–Crippen MR) is 132 cm³/mol. The van der Waals surface area contributed by atoms with Crippen molar-refractivity contribution < 1.29 is 14.3 Å². The Morgan fingerprint density at radius 3 is 2.94 bits per heavy atom. The third-order valence-electron chi connectivity index (χ3n) is 5.17. The molecule has 1 N–H and O–H groups in total. The molecule has 1 aliphatic carbocycles. The Balaban J connectivity index is 1.45. The lowest BCUT2D eigenvalue weighted by Crippen LogP contribution is -2.14. The molecule has 3 heterocycles. The Morgan fingerprint density at radius 1 is 1.33 bits per heavy atom. The zero-order chi connectivity index (χ0) is 23.4. The molecule has 4 rings (SSSR count). The molecule has 0 atom stereocenters. The first kappa shape index (κ1) is 23.7. The molecule has 0 fully saturated rings. The third kappa shape index (κ3) is 5.20. The molecule has 33 heavy (non-hydrogen) atoms. The number of allylic oxidation sites excluding steroid dienone is 1. The van der Waals surface area contributed by atoms with Gasteiger partial charge in [-0.25, -0.2) is 9.78 Å². The second-order valence-electron chi connectivity index (χ2n) is 7.45. The number of amides is 1. The van der Waals surface area contributed by atoms with Crippen molar-refractivity contribution in [2.75, 3.05) is 17.7 Å². The van der Waals surface area contributed by atoms with Gasteiger partial charge in [-0.2, -0.15) is 0 Å². The van der Waals surface area contributed by atoms with Gasteiger partial charge in [-0.1, -0.05) is 29.2 Å². The fourth-order valence-corrected chi connectivity index (χ4v) is 6.44. The Morgan fingerprint density at radius 2 is 2.15 bits per heavy atom. The van der Waals surface area contributed by atoms with E-state index < -0.39 is 5.97 Å². The van der Waals surface area contributed by atoms with E-state index in [-0.39, 0.29) is 18.3 Å². The Bertz CT molecular complexity index is 1180. The zero-order valence-corrected chi connectivity index (χ0v) is 21.0. The molecule has 0 bridgehead atoms. The predicted octanol–water partition coefficient (Wildman–Crippen LogP) is 4.74. The molecule has 174 valence electrons. The third-order valence-corrected chi connectivity index (χ3v) is 8.28. The van der Waals surface area contributed by atoms with E-state index in [1.807, 2.05) is 10.6 Å². The van der Waals surface area contributed by atoms with Crippen LogP contribution in [0.25, 0.3) is 11.4 Å². The second-order valence-corrected chi connectivity index (χ2v) is 10.4. The summed E-state index contributed by atoms with van der Waals surface area (Å²) >= 11 is 4.22. The van der Waals surface area contributed by atoms with Crippen molar-refractivity contribution in [2.45, 2.75) is 51.2 Å². The zero-order valence-electron chi connectivity index (χ0n) is 18.5. The number of thiazole rings is 1. The van der Waals surface area contributed by atoms with E-state index in [0.29, 0.717) is 27.4 Å². The van der Waals surface area contributed by atoms with Crippen molar-refractivity contribution in [1.82, 2.24) is 19.7 Å². The molecule has 0 saturated heterocycles. The maximum absolute atomic E-state index is 12.5. The summed E-state index contributed by atoms with van der Waals surface area (Å²) < 4.78 is 7.03. The van der Waals surface area contributed by atoms with Gasteiger partial charge in [0.1, 0.15) is 4.88 Å². The number of aromatic nitrogens is 4. The minimum absolute atomic E-state index is 0.143. The first-order valence-corrected chi connectivity index (χ1v) is 13.4. The van der Waals surface area contributed by atoms with E-state index in [2.05, 4.69) is 32.5 Å². The van der Waals surface area contributed by atoms with Gasteiger partial charge in [0.15, 0.2) is 16.1 Å². The summed E-state index contributed by atoms with van der Waals surface area (Å²) in [5, 5.41) is 14.8. The van der Waals surface area contributed by atoms with E-state index >= 15 is 0 Å². The highest BCUT2D eigenvalue weighted by molar-refractivity contribution is 7.99. The SMILES string of the molecule is C=CCn1c(SCC(=O)Nc2nc(C)c(C(=O)OCC)s2)nnc1-c1csc2c1CCCC2. The molecule has 0 unspecified atom stereocenters. The van der Waals surface area contributed by atoms with Gasteiger partial charge in [0.25, 0.3) is 0 Å². The molecule has 0 saturated carbocycles. The number of thiophene rings is 1. The molecule has 1 aliphatic rings. The van der Waals surface area contributed by atoms with Crippen molar-refractivity contribution >= 4 is 51.4 Å². The number of carbonyl (C=O) groups excluding carboxylic acids is 2. The fourth-order valence-electron chi connectivity index (χ4n) is 3.69. The van der Waals surface area contributed by atoms with Crippen LogP contribution >= 0.6 is 34.4 Å². The summed E-state index contributed by atoms with van der Waals surface area (Å²) in [6, 6.07) is 0. The number of anilines is 1. The largest absolute Gasteiger partial charge is 0.462 e. The summed E-state index contributed by atoms with van der Waals surface area (Å²) in [6.07, 6.45) is 6.45. The van der Waals surface area contributed by atoms with Gasteiger partial charge in [0.2, 0.25) is 5.91 Å². The van der Waals surface area contributed by atoms with Gasteiger partial charge < -0.3 is 10.1 Å². The van der Waals surface area contributed by atoms with Crippen LogP contribution in [0.5, 0.6) is 0 Å². The summed E-state index contributed by atoms with van der Waals surface area (Å²) in [7, 11) is 0. The van der Waals surface area contributed by atoms with Gasteiger partial charge in [0, 0.05) is 22.4 Å². The van der Waals surface area contributed by atoms with Crippen molar-refractivity contribution in [2.24, 2.45) is 0 Å². The first-order chi connectivity index (χ1) is 16.0. The molecule has 3 aromatic heterocycles. The lowest BCUT2D eigenvalue weighted by molar-refractivity contribution is -0.113. The van der Waals surface area contributed by atoms with E-state index in [1.54, 1.807) is 25.2 Å². The number of nitrogens with zero attached hydrogens (tertiary/aromatic N) is 4. The van der Waals surface area contributed by atoms with E-state index in [9.17, 15) is 9.59 Å². The highest BCUT2D eigenvalue weighted by atomic mass is 32.2. The highest BCUT2D eigenvalue weighted by Crippen LogP contribution is 2.37. The summed E-state index contributed by atoms with van der Waals surface area (Å²) in [5.74, 6) is 0.311. The molecule has 8 nitrogen and oxygen atoms in total. The second kappa shape index (κ2) is 10.6. The van der Waals surface area contributed by atoms with Gasteiger partial charge in [0.05, 0.1) is 18.1 Å². The van der Waals surface area contributed by atoms with Crippen LogP contribution in [0.2, 0.25) is 0 Å². The van der Waals surface area contributed by atoms with E-state index in [0.717, 1.165) is 35.6 Å². The van der Waals surface area contributed by atoms with Crippen LogP contribution in [0.1, 0.15) is 45.6 Å². The quantitative estimate of drug-likeness (QED) is 0.256. The standard InChI is InChI=1S/C22H25N5O3S3/c1-4-10-27-19(15-11-31-16-9-7-6-8-14(15)16)25-26-22(27)32-12-17(28)24-21-23-13(3)18(33-21)20(29)30-5-2/h4,11H,1,5-10,12H2,2-3H3,(H,23,24,28). The summed E-state index contributed by atoms with van der Waals surface area (Å²) in [4.78, 5) is 30.6. The average molecular weight is 504 g/mol. The van der Waals surface area contributed by atoms with E-state index in [4.69, 9.17) is 4.74 Å². The number of fused-ring (bicyclic) bond motifs is 1. The number of esters is 1. The number of ether oxygens (including phenoxy) is 1. The summed E-state index contributed by atoms with van der Waals surface area (Å²) in [6.45, 7) is 8.18. The van der Waals surface area contributed by atoms with Gasteiger partial charge in [-0.15, -0.1) is 28.1 Å². The lowest BCUT2D eigenvalue weighted by Gasteiger charge is -2.13. The maximum Gasteiger partial charge on any atom is 0.350 e. The van der Waals surface area contributed by atoms with E-state index in [1.165, 1.54) is 35.0 Å². The average Bonchev–Trinajstić information content (AvgIpc) is 3.49. The maximum atomic E-state index is 12.5. The Labute approximate surface area is 204 Å². The van der Waals surface area contributed by atoms with Crippen molar-refractivity contribution in [3.05, 3.63) is 39.0 Å². The number of thioether (sulfide) groups is 1. The van der Waals surface area contributed by atoms with Crippen LogP contribution in [-0.4, -0.2) is 44.0 Å². The molecule has 0 aromatic carbocycles. The van der Waals surface area contributed by atoms with Crippen LogP contribution in [-0.2, 0) is 28.9 Å². The molecule has 3 aromatic rings. The number of nitrogens with one attached hydrogen (secondary N) is 1. The highest BCUT2D eigenvalue weighted by Gasteiger charge is 2.23. The molecule has 1 amide bonds. The Hall–Kier alpha value is -2.50. The Kier molecular flexibility index (Phi) is 7.61. The van der Waals surface area contributed by atoms with Crippen LogP contribution in [0, 0.1) is 6.92 Å². The molecule has 0 radical (unpaired) electrons. The van der Waals surface area contributed by atoms with Gasteiger partial charge in [-0.05, 0) is 45.1 Å². The summed E-state index contributed by atoms with van der Waals surface area (Å²) in [5.41, 5.74) is 3.07. The molecular formula is C22H25N5O3S3. The first-order valence-electron chi connectivity index (χ1n) is 10.7. The van der Waals surface area contributed by atoms with Gasteiger partial charge in [-0.3, -0.25) is 9.36 Å². The molecular weight excluding hydrogens is 478 g/mol. The minimum Gasteiger partial charge on any atom is -0.462 e.